The smallest absolute Gasteiger partial charge is 0.251 e. The lowest BCUT2D eigenvalue weighted by Gasteiger charge is -2.23. The number of unbranched alkanes of at least 4 members (excludes halogenated alkanes) is 1. The van der Waals surface area contributed by atoms with Crippen LogP contribution in [0.1, 0.15) is 43.5 Å². The summed E-state index contributed by atoms with van der Waals surface area (Å²) in [6, 6.07) is 7.86. The van der Waals surface area contributed by atoms with E-state index in [2.05, 4.69) is 24.1 Å². The van der Waals surface area contributed by atoms with Crippen molar-refractivity contribution >= 4 is 11.6 Å². The molecule has 0 aliphatic heterocycles. The topological polar surface area (TPSA) is 41.6 Å². The van der Waals surface area contributed by atoms with Gasteiger partial charge in [-0.25, -0.2) is 0 Å². The fourth-order valence-corrected chi connectivity index (χ4v) is 2.16. The number of hydrogen-bond acceptors (Lipinski definition) is 3. The number of carbonyl (C=O) groups excluding carboxylic acids is 1. The van der Waals surface area contributed by atoms with Gasteiger partial charge < -0.3 is 15.0 Å². The molecule has 0 unspecified atom stereocenters. The molecule has 4 heteroatoms. The zero-order valence-electron chi connectivity index (χ0n) is 13.5. The van der Waals surface area contributed by atoms with Gasteiger partial charge in [-0.3, -0.25) is 4.79 Å². The maximum absolute atomic E-state index is 12.0. The molecule has 0 aliphatic carbocycles. The molecule has 0 saturated carbocycles. The third kappa shape index (κ3) is 6.17. The van der Waals surface area contributed by atoms with E-state index in [1.165, 1.54) is 18.5 Å². The van der Waals surface area contributed by atoms with Gasteiger partial charge >= 0.3 is 0 Å². The molecule has 0 atom stereocenters. The van der Waals surface area contributed by atoms with Gasteiger partial charge in [-0.1, -0.05) is 13.3 Å². The van der Waals surface area contributed by atoms with Crippen LogP contribution in [0.3, 0.4) is 0 Å². The Bertz CT molecular complexity index is 404. The summed E-state index contributed by atoms with van der Waals surface area (Å²) < 4.78 is 4.96. The van der Waals surface area contributed by atoms with Crippen molar-refractivity contribution in [2.45, 2.75) is 33.1 Å². The SMILES string of the molecule is CCCCN(CC)c1ccc(C(=O)NCCCOC)cc1. The van der Waals surface area contributed by atoms with Gasteiger partial charge in [0.1, 0.15) is 0 Å². The first kappa shape index (κ1) is 17.5. The fourth-order valence-electron chi connectivity index (χ4n) is 2.16. The minimum atomic E-state index is -0.0192. The molecule has 0 radical (unpaired) electrons. The van der Waals surface area contributed by atoms with E-state index < -0.39 is 0 Å². The number of rotatable bonds is 10. The summed E-state index contributed by atoms with van der Waals surface area (Å²) in [5.74, 6) is -0.0192. The molecule has 1 amide bonds. The average molecular weight is 292 g/mol. The zero-order valence-corrected chi connectivity index (χ0v) is 13.5. The van der Waals surface area contributed by atoms with E-state index in [1.54, 1.807) is 7.11 Å². The molecule has 1 aromatic rings. The van der Waals surface area contributed by atoms with E-state index in [1.807, 2.05) is 24.3 Å². The minimum Gasteiger partial charge on any atom is -0.385 e. The molecule has 0 bridgehead atoms. The number of anilines is 1. The van der Waals surface area contributed by atoms with Crippen LogP contribution in [0.15, 0.2) is 24.3 Å². The maximum atomic E-state index is 12.0. The largest absolute Gasteiger partial charge is 0.385 e. The highest BCUT2D eigenvalue weighted by atomic mass is 16.5. The Kier molecular flexibility index (Phi) is 8.51. The van der Waals surface area contributed by atoms with Crippen LogP contribution in [-0.4, -0.2) is 39.3 Å². The van der Waals surface area contributed by atoms with Crippen LogP contribution in [0.25, 0.3) is 0 Å². The monoisotopic (exact) mass is 292 g/mol. The number of methoxy groups -OCH3 is 1. The normalized spacial score (nSPS) is 10.4. The predicted molar refractivity (Wildman–Crippen MR) is 88.1 cm³/mol. The first-order valence-electron chi connectivity index (χ1n) is 7.85. The highest BCUT2D eigenvalue weighted by Crippen LogP contribution is 2.16. The number of nitrogens with zero attached hydrogens (tertiary/aromatic N) is 1. The molecule has 1 N–H and O–H groups in total. The van der Waals surface area contributed by atoms with Gasteiger partial charge in [0.15, 0.2) is 0 Å². The van der Waals surface area contributed by atoms with Crippen molar-refractivity contribution in [2.24, 2.45) is 0 Å². The van der Waals surface area contributed by atoms with Gasteiger partial charge in [0.25, 0.3) is 5.91 Å². The first-order valence-corrected chi connectivity index (χ1v) is 7.85. The molecular formula is C17H28N2O2. The summed E-state index contributed by atoms with van der Waals surface area (Å²) in [6.07, 6.45) is 3.22. The highest BCUT2D eigenvalue weighted by molar-refractivity contribution is 5.94. The van der Waals surface area contributed by atoms with E-state index in [9.17, 15) is 4.79 Å². The van der Waals surface area contributed by atoms with Gasteiger partial charge in [-0.15, -0.1) is 0 Å². The Labute approximate surface area is 128 Å². The van der Waals surface area contributed by atoms with Crippen LogP contribution in [0.4, 0.5) is 5.69 Å². The lowest BCUT2D eigenvalue weighted by molar-refractivity contribution is 0.0948. The number of amides is 1. The second kappa shape index (κ2) is 10.2. The Morgan fingerprint density at radius 1 is 1.19 bits per heavy atom. The molecule has 118 valence electrons. The van der Waals surface area contributed by atoms with Crippen molar-refractivity contribution in [1.29, 1.82) is 0 Å². The zero-order chi connectivity index (χ0) is 15.5. The van der Waals surface area contributed by atoms with Crippen molar-refractivity contribution in [1.82, 2.24) is 5.32 Å². The second-order valence-corrected chi connectivity index (χ2v) is 5.08. The van der Waals surface area contributed by atoms with Crippen LogP contribution >= 0.6 is 0 Å². The molecule has 4 nitrogen and oxygen atoms in total. The van der Waals surface area contributed by atoms with Crippen LogP contribution in [0, 0.1) is 0 Å². The van der Waals surface area contributed by atoms with E-state index in [-0.39, 0.29) is 5.91 Å². The number of carbonyl (C=O) groups is 1. The number of nitrogens with one attached hydrogen (secondary N) is 1. The summed E-state index contributed by atoms with van der Waals surface area (Å²) in [4.78, 5) is 14.3. The predicted octanol–water partition coefficient (Wildman–Crippen LogP) is 3.08. The number of benzene rings is 1. The van der Waals surface area contributed by atoms with Gasteiger partial charge in [0.2, 0.25) is 0 Å². The lowest BCUT2D eigenvalue weighted by Crippen LogP contribution is -2.26. The van der Waals surface area contributed by atoms with Gasteiger partial charge in [0, 0.05) is 44.6 Å². The first-order chi connectivity index (χ1) is 10.2. The molecule has 1 rings (SSSR count). The number of hydrogen-bond donors (Lipinski definition) is 1. The summed E-state index contributed by atoms with van der Waals surface area (Å²) in [5.41, 5.74) is 1.89. The second-order valence-electron chi connectivity index (χ2n) is 5.08. The summed E-state index contributed by atoms with van der Waals surface area (Å²) >= 11 is 0. The van der Waals surface area contributed by atoms with Crippen LogP contribution in [0.5, 0.6) is 0 Å². The summed E-state index contributed by atoms with van der Waals surface area (Å²) in [5, 5.41) is 2.90. The standard InChI is InChI=1S/C17H28N2O2/c1-4-6-13-19(5-2)16-10-8-15(9-11-16)17(20)18-12-7-14-21-3/h8-11H,4-7,12-14H2,1-3H3,(H,18,20). The quantitative estimate of drug-likeness (QED) is 0.674. The van der Waals surface area contributed by atoms with Gasteiger partial charge in [0.05, 0.1) is 0 Å². The summed E-state index contributed by atoms with van der Waals surface area (Å²) in [6.45, 7) is 7.73. The van der Waals surface area contributed by atoms with Gasteiger partial charge in [-0.05, 0) is 44.0 Å². The lowest BCUT2D eigenvalue weighted by atomic mass is 10.1. The highest BCUT2D eigenvalue weighted by Gasteiger charge is 2.07. The van der Waals surface area contributed by atoms with Crippen molar-refractivity contribution < 1.29 is 9.53 Å². The maximum Gasteiger partial charge on any atom is 0.251 e. The molecule has 1 aromatic carbocycles. The van der Waals surface area contributed by atoms with Crippen molar-refractivity contribution in [3.63, 3.8) is 0 Å². The van der Waals surface area contributed by atoms with Crippen LogP contribution in [0.2, 0.25) is 0 Å². The van der Waals surface area contributed by atoms with Crippen LogP contribution < -0.4 is 10.2 Å². The van der Waals surface area contributed by atoms with Gasteiger partial charge in [-0.2, -0.15) is 0 Å². The molecule has 0 aromatic heterocycles. The minimum absolute atomic E-state index is 0.0192. The van der Waals surface area contributed by atoms with Crippen molar-refractivity contribution in [2.75, 3.05) is 38.3 Å². The summed E-state index contributed by atoms with van der Waals surface area (Å²) in [7, 11) is 1.67. The number of ether oxygens (including phenoxy) is 1. The van der Waals surface area contributed by atoms with E-state index >= 15 is 0 Å². The Morgan fingerprint density at radius 3 is 2.48 bits per heavy atom. The molecule has 0 saturated heterocycles. The molecule has 0 fully saturated rings. The van der Waals surface area contributed by atoms with Crippen molar-refractivity contribution in [3.05, 3.63) is 29.8 Å². The fraction of sp³-hybridized carbons (Fsp3) is 0.588. The van der Waals surface area contributed by atoms with E-state index in [0.717, 1.165) is 19.5 Å². The molecule has 0 aliphatic rings. The third-order valence-corrected chi connectivity index (χ3v) is 3.47. The molecule has 0 spiro atoms. The third-order valence-electron chi connectivity index (χ3n) is 3.47. The Hall–Kier alpha value is -1.55. The van der Waals surface area contributed by atoms with Crippen molar-refractivity contribution in [3.8, 4) is 0 Å². The van der Waals surface area contributed by atoms with Crippen LogP contribution in [-0.2, 0) is 4.74 Å². The van der Waals surface area contributed by atoms with E-state index in [4.69, 9.17) is 4.74 Å². The molecule has 0 heterocycles. The average Bonchev–Trinajstić information content (AvgIpc) is 2.52. The van der Waals surface area contributed by atoms with E-state index in [0.29, 0.717) is 18.7 Å². The Morgan fingerprint density at radius 2 is 1.90 bits per heavy atom. The molecule has 21 heavy (non-hydrogen) atoms. The molecular weight excluding hydrogens is 264 g/mol. The Balaban J connectivity index is 2.53.